The number of aryl methyl sites for hydroxylation is 1. The number of halogens is 1. The summed E-state index contributed by atoms with van der Waals surface area (Å²) >= 11 is 0. The molecule has 2 fully saturated rings. The fourth-order valence-electron chi connectivity index (χ4n) is 6.13. The first-order chi connectivity index (χ1) is 21.9. The summed E-state index contributed by atoms with van der Waals surface area (Å²) < 4.78 is 20.6. The Morgan fingerprint density at radius 1 is 1.16 bits per heavy atom. The largest absolute Gasteiger partial charge is 0.496 e. The maximum absolute atomic E-state index is 15.1. The third-order valence-electron chi connectivity index (χ3n) is 8.80. The zero-order chi connectivity index (χ0) is 31.3. The Kier molecular flexibility index (Phi) is 9.70. The highest BCUT2D eigenvalue weighted by atomic mass is 19.1. The molecular weight excluding hydrogens is 575 g/mol. The van der Waals surface area contributed by atoms with Gasteiger partial charge in [-0.05, 0) is 81.0 Å². The molecule has 2 aromatic heterocycles. The number of hydroxylamine groups is 1. The molecule has 3 atom stereocenters. The maximum Gasteiger partial charge on any atom is 0.251 e. The topological polar surface area (TPSA) is 125 Å². The van der Waals surface area contributed by atoms with Crippen LogP contribution in [0.5, 0.6) is 5.75 Å². The molecule has 1 aliphatic heterocycles. The molecule has 45 heavy (non-hydrogen) atoms. The summed E-state index contributed by atoms with van der Waals surface area (Å²) in [7, 11) is 1.52. The quantitative estimate of drug-likeness (QED) is 0.139. The van der Waals surface area contributed by atoms with Crippen molar-refractivity contribution >= 4 is 16.8 Å². The van der Waals surface area contributed by atoms with Gasteiger partial charge in [-0.3, -0.25) is 24.6 Å². The molecule has 1 saturated carbocycles. The van der Waals surface area contributed by atoms with Crippen molar-refractivity contribution in [2.45, 2.75) is 70.3 Å². The van der Waals surface area contributed by atoms with E-state index in [-0.39, 0.29) is 30.4 Å². The lowest BCUT2D eigenvalue weighted by molar-refractivity contribution is -0.100. The lowest BCUT2D eigenvalue weighted by atomic mass is 9.97. The maximum atomic E-state index is 15.1. The number of carbonyl (C=O) groups is 1. The number of H-pyrrole nitrogens is 1. The summed E-state index contributed by atoms with van der Waals surface area (Å²) in [5.74, 6) is 0.396. The first-order valence-corrected chi connectivity index (χ1v) is 15.7. The van der Waals surface area contributed by atoms with Crippen molar-refractivity contribution in [3.8, 4) is 17.0 Å². The van der Waals surface area contributed by atoms with Crippen LogP contribution in [0.25, 0.3) is 22.2 Å². The van der Waals surface area contributed by atoms with Crippen molar-refractivity contribution in [1.29, 1.82) is 0 Å². The van der Waals surface area contributed by atoms with Gasteiger partial charge in [0.2, 0.25) is 0 Å². The molecule has 6 rings (SSSR count). The summed E-state index contributed by atoms with van der Waals surface area (Å²) in [5, 5.41) is 22.9. The van der Waals surface area contributed by atoms with Gasteiger partial charge >= 0.3 is 0 Å². The Morgan fingerprint density at radius 3 is 2.80 bits per heavy atom. The number of nitrogens with zero attached hydrogens (tertiary/aromatic N) is 3. The van der Waals surface area contributed by atoms with Crippen LogP contribution in [0.3, 0.4) is 0 Å². The Hall–Kier alpha value is -3.90. The van der Waals surface area contributed by atoms with Gasteiger partial charge in [-0.2, -0.15) is 10.6 Å². The first-order valence-electron chi connectivity index (χ1n) is 15.7. The van der Waals surface area contributed by atoms with E-state index >= 15 is 4.39 Å². The average Bonchev–Trinajstić information content (AvgIpc) is 3.75. The van der Waals surface area contributed by atoms with Crippen LogP contribution in [0.15, 0.2) is 54.7 Å². The van der Waals surface area contributed by atoms with E-state index in [0.29, 0.717) is 42.4 Å². The normalized spacial score (nSPS) is 20.0. The minimum Gasteiger partial charge on any atom is -0.496 e. The molecule has 0 bridgehead atoms. The van der Waals surface area contributed by atoms with E-state index in [2.05, 4.69) is 26.0 Å². The molecule has 238 valence electrons. The van der Waals surface area contributed by atoms with Crippen molar-refractivity contribution in [2.24, 2.45) is 5.92 Å². The number of amides is 1. The van der Waals surface area contributed by atoms with Crippen molar-refractivity contribution in [1.82, 2.24) is 30.9 Å². The molecule has 10 nitrogen and oxygen atoms in total. The van der Waals surface area contributed by atoms with Gasteiger partial charge in [-0.1, -0.05) is 18.9 Å². The molecule has 2 aliphatic rings. The van der Waals surface area contributed by atoms with Crippen LogP contribution in [-0.2, 0) is 11.4 Å². The summed E-state index contributed by atoms with van der Waals surface area (Å²) in [6.45, 7) is 3.08. The molecule has 1 aliphatic carbocycles. The summed E-state index contributed by atoms with van der Waals surface area (Å²) in [6.07, 6.45) is 6.18. The third kappa shape index (κ3) is 7.50. The molecule has 1 amide bonds. The van der Waals surface area contributed by atoms with Crippen LogP contribution in [0.4, 0.5) is 4.39 Å². The Balaban J connectivity index is 1.23. The van der Waals surface area contributed by atoms with Gasteiger partial charge in [0, 0.05) is 53.1 Å². The molecular formula is C34H41FN6O4. The number of carbonyl (C=O) groups excluding carboxylic acids is 1. The summed E-state index contributed by atoms with van der Waals surface area (Å²) in [5.41, 5.74) is 7.16. The molecule has 4 aromatic rings. The minimum absolute atomic E-state index is 0.198. The van der Waals surface area contributed by atoms with E-state index in [9.17, 15) is 9.90 Å². The lowest BCUT2D eigenvalue weighted by Crippen LogP contribution is -2.55. The van der Waals surface area contributed by atoms with Gasteiger partial charge in [0.15, 0.2) is 0 Å². The molecule has 3 unspecified atom stereocenters. The fourth-order valence-corrected chi connectivity index (χ4v) is 6.13. The predicted octanol–water partition coefficient (Wildman–Crippen LogP) is 4.87. The van der Waals surface area contributed by atoms with Crippen LogP contribution in [0.2, 0.25) is 0 Å². The number of ether oxygens (including phenoxy) is 1. The Morgan fingerprint density at radius 2 is 2.00 bits per heavy atom. The van der Waals surface area contributed by atoms with E-state index in [1.165, 1.54) is 13.2 Å². The molecule has 4 N–H and O–H groups in total. The number of rotatable bonds is 11. The fraction of sp³-hybridized carbons (Fsp3) is 0.441. The van der Waals surface area contributed by atoms with Crippen LogP contribution >= 0.6 is 0 Å². The highest BCUT2D eigenvalue weighted by Crippen LogP contribution is 2.30. The lowest BCUT2D eigenvalue weighted by Gasteiger charge is -2.39. The standard InChI is InChI=1S/C34H41FN6O4/c1-21-16-23(14-15-36-21)32-26-17-24(12-13-29(26)38-39-32)33(42)37-25-6-3-4-8-30(34(43)40-45-20-22-10-11-22)41(18-25)19-27-28(35)7-5-9-31(27)44-2/h5,7,9,12-17,22,25,30,34,40,43H,3-4,6,8,10-11,18-20H2,1-2H3,(H,37,42)(H,38,39). The zero-order valence-electron chi connectivity index (χ0n) is 25.8. The van der Waals surface area contributed by atoms with Crippen molar-refractivity contribution in [2.75, 3.05) is 20.3 Å². The minimum atomic E-state index is -0.991. The Labute approximate surface area is 262 Å². The molecule has 0 radical (unpaired) electrons. The van der Waals surface area contributed by atoms with E-state index in [1.54, 1.807) is 24.4 Å². The third-order valence-corrected chi connectivity index (χ3v) is 8.80. The number of likely N-dealkylation sites (tertiary alicyclic amines) is 1. The number of methoxy groups -OCH3 is 1. The number of aromatic nitrogens is 3. The number of hydrogen-bond acceptors (Lipinski definition) is 8. The molecule has 2 aromatic carbocycles. The number of aliphatic hydroxyl groups excluding tert-OH is 1. The number of fused-ring (bicyclic) bond motifs is 1. The second-order valence-corrected chi connectivity index (χ2v) is 12.2. The van der Waals surface area contributed by atoms with Crippen LogP contribution in [-0.4, -0.2) is 69.7 Å². The zero-order valence-corrected chi connectivity index (χ0v) is 25.8. The van der Waals surface area contributed by atoms with Crippen LogP contribution < -0.4 is 15.5 Å². The summed E-state index contributed by atoms with van der Waals surface area (Å²) in [6, 6.07) is 13.5. The first kappa shape index (κ1) is 31.1. The van der Waals surface area contributed by atoms with Crippen LogP contribution in [0, 0.1) is 18.7 Å². The van der Waals surface area contributed by atoms with Gasteiger partial charge in [0.1, 0.15) is 23.5 Å². The number of pyridine rings is 1. The van der Waals surface area contributed by atoms with E-state index in [0.717, 1.165) is 60.0 Å². The number of aliphatic hydroxyl groups is 1. The van der Waals surface area contributed by atoms with E-state index < -0.39 is 6.23 Å². The highest BCUT2D eigenvalue weighted by molar-refractivity contribution is 6.01. The van der Waals surface area contributed by atoms with Crippen molar-refractivity contribution in [3.63, 3.8) is 0 Å². The van der Waals surface area contributed by atoms with Gasteiger partial charge in [0.25, 0.3) is 5.91 Å². The SMILES string of the molecule is COc1cccc(F)c1CN1CC(NC(=O)c2ccc3[nH]nc(-c4ccnc(C)c4)c3c2)CCCCC1C(O)NOCC1CC1. The molecule has 11 heteroatoms. The van der Waals surface area contributed by atoms with Gasteiger partial charge < -0.3 is 15.2 Å². The average molecular weight is 617 g/mol. The number of hydrogen-bond donors (Lipinski definition) is 4. The number of nitrogens with one attached hydrogen (secondary N) is 3. The molecule has 1 saturated heterocycles. The smallest absolute Gasteiger partial charge is 0.251 e. The highest BCUT2D eigenvalue weighted by Gasteiger charge is 2.32. The van der Waals surface area contributed by atoms with Gasteiger partial charge in [0.05, 0.1) is 25.3 Å². The number of aromatic amines is 1. The summed E-state index contributed by atoms with van der Waals surface area (Å²) in [4.78, 5) is 25.6. The Bertz CT molecular complexity index is 1630. The van der Waals surface area contributed by atoms with E-state index in [4.69, 9.17) is 9.57 Å². The molecule has 3 heterocycles. The van der Waals surface area contributed by atoms with E-state index in [1.807, 2.05) is 36.1 Å². The monoisotopic (exact) mass is 616 g/mol. The van der Waals surface area contributed by atoms with Crippen molar-refractivity contribution in [3.05, 3.63) is 77.4 Å². The number of benzene rings is 2. The molecule has 0 spiro atoms. The van der Waals surface area contributed by atoms with Crippen molar-refractivity contribution < 1.29 is 23.9 Å². The van der Waals surface area contributed by atoms with Crippen LogP contribution in [0.1, 0.15) is 60.1 Å². The van der Waals surface area contributed by atoms with Gasteiger partial charge in [-0.15, -0.1) is 0 Å². The van der Waals surface area contributed by atoms with Gasteiger partial charge in [-0.25, -0.2) is 4.39 Å². The second-order valence-electron chi connectivity index (χ2n) is 12.2. The predicted molar refractivity (Wildman–Crippen MR) is 169 cm³/mol. The second kappa shape index (κ2) is 14.0.